The number of thioether (sulfide) groups is 1. The number of piperazine rings is 1. The van der Waals surface area contributed by atoms with Gasteiger partial charge in [0.15, 0.2) is 10.9 Å². The summed E-state index contributed by atoms with van der Waals surface area (Å²) in [7, 11) is 1.67. The van der Waals surface area contributed by atoms with Gasteiger partial charge in [-0.2, -0.15) is 0 Å². The lowest BCUT2D eigenvalue weighted by Gasteiger charge is -2.34. The third kappa shape index (κ3) is 6.67. The molecular weight excluding hydrogens is 444 g/mol. The van der Waals surface area contributed by atoms with E-state index >= 15 is 0 Å². The largest absolute Gasteiger partial charge is 0.455 e. The highest BCUT2D eigenvalue weighted by atomic mass is 32.2. The average molecular weight is 477 g/mol. The first kappa shape index (κ1) is 24.0. The van der Waals surface area contributed by atoms with Gasteiger partial charge >= 0.3 is 5.91 Å². The molecule has 33 heavy (non-hydrogen) atoms. The molecule has 0 aromatic carbocycles. The molecule has 0 atom stereocenters. The second kappa shape index (κ2) is 11.8. The maximum Gasteiger partial charge on any atom is 0.301 e. The van der Waals surface area contributed by atoms with E-state index in [9.17, 15) is 4.79 Å². The predicted octanol–water partition coefficient (Wildman–Crippen LogP) is 1.63. The van der Waals surface area contributed by atoms with Gasteiger partial charge in [0.05, 0.1) is 31.3 Å². The van der Waals surface area contributed by atoms with E-state index in [1.54, 1.807) is 13.2 Å². The molecule has 0 unspecified atom stereocenters. The number of nitrogens with one attached hydrogen (secondary N) is 1. The van der Waals surface area contributed by atoms with Gasteiger partial charge in [-0.05, 0) is 18.7 Å². The molecule has 0 spiro atoms. The number of nitrogens with zero attached hydrogens (tertiary/aromatic N) is 5. The van der Waals surface area contributed by atoms with Crippen LogP contribution in [0.4, 0.5) is 5.82 Å². The number of hydrogen-bond acceptors (Lipinski definition) is 10. The molecule has 1 N–H and O–H groups in total. The molecule has 10 nitrogen and oxygen atoms in total. The number of carbonyl (C=O) groups excluding carboxylic acids is 1. The van der Waals surface area contributed by atoms with E-state index in [4.69, 9.17) is 18.9 Å². The van der Waals surface area contributed by atoms with Crippen LogP contribution in [-0.4, -0.2) is 91.9 Å². The second-order valence-corrected chi connectivity index (χ2v) is 8.89. The van der Waals surface area contributed by atoms with Crippen LogP contribution in [0.2, 0.25) is 0 Å². The van der Waals surface area contributed by atoms with E-state index in [1.165, 1.54) is 11.8 Å². The van der Waals surface area contributed by atoms with E-state index < -0.39 is 0 Å². The van der Waals surface area contributed by atoms with Crippen molar-refractivity contribution in [2.75, 3.05) is 71.0 Å². The Balaban J connectivity index is 1.37. The smallest absolute Gasteiger partial charge is 0.301 e. The number of likely N-dealkylation sites (N-methyl/N-ethyl adjacent to an activating group) is 1. The van der Waals surface area contributed by atoms with Crippen molar-refractivity contribution in [1.29, 1.82) is 0 Å². The van der Waals surface area contributed by atoms with Crippen LogP contribution in [0, 0.1) is 0 Å². The number of methoxy groups -OCH3 is 1. The van der Waals surface area contributed by atoms with Gasteiger partial charge in [0, 0.05) is 52.4 Å². The predicted molar refractivity (Wildman–Crippen MR) is 125 cm³/mol. The number of hydrogen-bond donors (Lipinski definition) is 1. The number of morpholine rings is 1. The molecule has 0 radical (unpaired) electrons. The number of furan rings is 1. The van der Waals surface area contributed by atoms with Gasteiger partial charge in [-0.25, -0.2) is 15.0 Å². The standard InChI is InChI=1S/C22H32N6O4S/c1-3-26-6-8-27(9-7-26)20-14-17(15-30-2)23-22(24-20)33-16-18-4-5-19(32-18)21(29)25-28-10-12-31-13-11-28/h4-5,14H,3,6-13,15-16H2,1-2H3,(H,25,29). The first-order chi connectivity index (χ1) is 16.1. The Labute approximate surface area is 198 Å². The molecular formula is C22H32N6O4S. The molecule has 0 bridgehead atoms. The minimum Gasteiger partial charge on any atom is -0.455 e. The van der Waals surface area contributed by atoms with Crippen molar-refractivity contribution in [2.45, 2.75) is 24.4 Å². The maximum atomic E-state index is 12.4. The van der Waals surface area contributed by atoms with E-state index in [0.717, 1.165) is 44.2 Å². The highest BCUT2D eigenvalue weighted by Gasteiger charge is 2.20. The number of amides is 1. The topological polar surface area (TPSA) is 96.2 Å². The van der Waals surface area contributed by atoms with Gasteiger partial charge in [-0.15, -0.1) is 0 Å². The molecule has 4 heterocycles. The summed E-state index contributed by atoms with van der Waals surface area (Å²) < 4.78 is 16.4. The third-order valence-corrected chi connectivity index (χ3v) is 6.55. The molecule has 2 aromatic rings. The Morgan fingerprint density at radius 2 is 1.94 bits per heavy atom. The molecule has 180 valence electrons. The van der Waals surface area contributed by atoms with Crippen LogP contribution in [-0.2, 0) is 21.8 Å². The number of anilines is 1. The van der Waals surface area contributed by atoms with Crippen LogP contribution >= 0.6 is 11.8 Å². The first-order valence-electron chi connectivity index (χ1n) is 11.3. The number of aromatic nitrogens is 2. The quantitative estimate of drug-likeness (QED) is 0.425. The number of hydrazine groups is 1. The van der Waals surface area contributed by atoms with Crippen LogP contribution in [0.25, 0.3) is 0 Å². The molecule has 2 fully saturated rings. The summed E-state index contributed by atoms with van der Waals surface area (Å²) in [5.41, 5.74) is 3.72. The summed E-state index contributed by atoms with van der Waals surface area (Å²) in [5.74, 6) is 2.21. The maximum absolute atomic E-state index is 12.4. The van der Waals surface area contributed by atoms with E-state index in [2.05, 4.69) is 27.1 Å². The molecule has 2 aromatic heterocycles. The van der Waals surface area contributed by atoms with Crippen LogP contribution < -0.4 is 10.3 Å². The van der Waals surface area contributed by atoms with Crippen molar-refractivity contribution in [3.63, 3.8) is 0 Å². The second-order valence-electron chi connectivity index (χ2n) is 7.95. The molecule has 2 aliphatic rings. The SMILES string of the molecule is CCN1CCN(c2cc(COC)nc(SCc3ccc(C(=O)NN4CCOCC4)o3)n2)CC1. The summed E-state index contributed by atoms with van der Waals surface area (Å²) >= 11 is 1.49. The van der Waals surface area contributed by atoms with Gasteiger partial charge in [0.2, 0.25) is 0 Å². The number of ether oxygens (including phenoxy) is 2. The Kier molecular flexibility index (Phi) is 8.57. The molecule has 2 saturated heterocycles. The Morgan fingerprint density at radius 1 is 1.15 bits per heavy atom. The fraction of sp³-hybridized carbons (Fsp3) is 0.591. The number of carbonyl (C=O) groups is 1. The average Bonchev–Trinajstić information content (AvgIpc) is 3.33. The van der Waals surface area contributed by atoms with Gasteiger partial charge in [-0.1, -0.05) is 18.7 Å². The fourth-order valence-corrected chi connectivity index (χ4v) is 4.55. The fourth-order valence-electron chi connectivity index (χ4n) is 3.79. The van der Waals surface area contributed by atoms with Crippen LogP contribution in [0.1, 0.15) is 28.9 Å². The highest BCUT2D eigenvalue weighted by molar-refractivity contribution is 7.98. The summed E-state index contributed by atoms with van der Waals surface area (Å²) in [6.07, 6.45) is 0. The molecule has 1 amide bonds. The normalized spacial score (nSPS) is 17.9. The van der Waals surface area contributed by atoms with E-state index in [-0.39, 0.29) is 5.91 Å². The summed E-state index contributed by atoms with van der Waals surface area (Å²) in [6, 6.07) is 5.54. The van der Waals surface area contributed by atoms with Crippen LogP contribution in [0.3, 0.4) is 0 Å². The van der Waals surface area contributed by atoms with Gasteiger partial charge in [0.1, 0.15) is 11.6 Å². The minimum atomic E-state index is -0.250. The first-order valence-corrected chi connectivity index (χ1v) is 12.3. The number of rotatable bonds is 9. The molecule has 4 rings (SSSR count). The monoisotopic (exact) mass is 476 g/mol. The molecule has 11 heteroatoms. The van der Waals surface area contributed by atoms with Crippen LogP contribution in [0.5, 0.6) is 0 Å². The lowest BCUT2D eigenvalue weighted by atomic mass is 10.3. The van der Waals surface area contributed by atoms with Crippen molar-refractivity contribution < 1.29 is 18.7 Å². The lowest BCUT2D eigenvalue weighted by molar-refractivity contribution is 0.0117. The summed E-state index contributed by atoms with van der Waals surface area (Å²) in [4.78, 5) is 26.6. The Morgan fingerprint density at radius 3 is 2.67 bits per heavy atom. The lowest BCUT2D eigenvalue weighted by Crippen LogP contribution is -2.48. The Hall–Kier alpha value is -2.18. The van der Waals surface area contributed by atoms with Gasteiger partial charge in [0.25, 0.3) is 0 Å². The summed E-state index contributed by atoms with van der Waals surface area (Å²) in [5, 5.41) is 2.52. The van der Waals surface area contributed by atoms with Crippen molar-refractivity contribution in [1.82, 2.24) is 25.3 Å². The van der Waals surface area contributed by atoms with Crippen molar-refractivity contribution in [3.05, 3.63) is 35.4 Å². The summed E-state index contributed by atoms with van der Waals surface area (Å²) in [6.45, 7) is 10.2. The van der Waals surface area contributed by atoms with Crippen molar-refractivity contribution >= 4 is 23.5 Å². The van der Waals surface area contributed by atoms with Gasteiger partial charge in [-0.3, -0.25) is 10.2 Å². The zero-order valence-corrected chi connectivity index (χ0v) is 20.1. The van der Waals surface area contributed by atoms with Gasteiger partial charge < -0.3 is 23.7 Å². The minimum absolute atomic E-state index is 0.250. The third-order valence-electron chi connectivity index (χ3n) is 5.68. The van der Waals surface area contributed by atoms with E-state index in [1.807, 2.05) is 17.1 Å². The van der Waals surface area contributed by atoms with E-state index in [0.29, 0.717) is 55.3 Å². The zero-order chi connectivity index (χ0) is 23.0. The van der Waals surface area contributed by atoms with Crippen LogP contribution in [0.15, 0.2) is 27.8 Å². The molecule has 2 aliphatic heterocycles. The molecule has 0 saturated carbocycles. The zero-order valence-electron chi connectivity index (χ0n) is 19.3. The highest BCUT2D eigenvalue weighted by Crippen LogP contribution is 2.25. The molecule has 0 aliphatic carbocycles. The Bertz CT molecular complexity index is 912. The van der Waals surface area contributed by atoms with Crippen molar-refractivity contribution in [2.24, 2.45) is 0 Å². The van der Waals surface area contributed by atoms with Crippen molar-refractivity contribution in [3.8, 4) is 0 Å².